The van der Waals surface area contributed by atoms with Crippen molar-refractivity contribution in [3.8, 4) is 0 Å². The number of benzene rings is 1. The zero-order chi connectivity index (χ0) is 26.9. The van der Waals surface area contributed by atoms with E-state index in [9.17, 15) is 22.8 Å². The third-order valence-electron chi connectivity index (χ3n) is 6.39. The minimum Gasteiger partial charge on any atom is -0.383 e. The minimum atomic E-state index is -4.02. The predicted octanol–water partition coefficient (Wildman–Crippen LogP) is 1.55. The molecule has 0 aliphatic carbocycles. The first-order valence-electron chi connectivity index (χ1n) is 12.2. The molecule has 3 N–H and O–H groups in total. The molecule has 37 heavy (non-hydrogen) atoms. The van der Waals surface area contributed by atoms with Gasteiger partial charge in [-0.05, 0) is 37.0 Å². The Labute approximate surface area is 214 Å². The average molecular weight is 533 g/mol. The average Bonchev–Trinajstić information content (AvgIpc) is 3.08. The third-order valence-corrected chi connectivity index (χ3v) is 7.72. The number of nitrogen functional groups attached to an aromatic ring is 1. The Morgan fingerprint density at radius 2 is 2.00 bits per heavy atom. The number of hydrogen-bond acceptors (Lipinski definition) is 8. The van der Waals surface area contributed by atoms with E-state index in [1.54, 1.807) is 6.07 Å². The maximum Gasteiger partial charge on any atom is 0.330 e. The molecule has 1 amide bonds. The van der Waals surface area contributed by atoms with Gasteiger partial charge in [0.25, 0.3) is 21.5 Å². The summed E-state index contributed by atoms with van der Waals surface area (Å²) in [4.78, 5) is 44.2. The van der Waals surface area contributed by atoms with Gasteiger partial charge in [-0.25, -0.2) is 4.79 Å². The fraction of sp³-hybridized carbons (Fsp3) is 0.500. The van der Waals surface area contributed by atoms with Crippen LogP contribution >= 0.6 is 0 Å². The summed E-state index contributed by atoms with van der Waals surface area (Å²) in [7, 11) is -2.58. The maximum atomic E-state index is 13.7. The van der Waals surface area contributed by atoms with Crippen molar-refractivity contribution in [1.29, 1.82) is 0 Å². The highest BCUT2D eigenvalue weighted by Crippen LogP contribution is 2.35. The summed E-state index contributed by atoms with van der Waals surface area (Å²) in [6.45, 7) is 4.65. The van der Waals surface area contributed by atoms with E-state index in [2.05, 4.69) is 9.38 Å². The van der Waals surface area contributed by atoms with Crippen molar-refractivity contribution in [1.82, 2.24) is 9.55 Å². The van der Waals surface area contributed by atoms with Gasteiger partial charge in [0.15, 0.2) is 5.69 Å². The van der Waals surface area contributed by atoms with Gasteiger partial charge < -0.3 is 15.4 Å². The normalized spacial score (nSPS) is 16.5. The van der Waals surface area contributed by atoms with Gasteiger partial charge in [0.2, 0.25) is 0 Å². The third kappa shape index (κ3) is 5.18. The van der Waals surface area contributed by atoms with Gasteiger partial charge in [-0.3, -0.25) is 24.0 Å². The highest BCUT2D eigenvalue weighted by atomic mass is 32.2. The van der Waals surface area contributed by atoms with E-state index in [1.165, 1.54) is 23.8 Å². The van der Waals surface area contributed by atoms with Crippen LogP contribution in [0.5, 0.6) is 0 Å². The van der Waals surface area contributed by atoms with Crippen molar-refractivity contribution in [3.63, 3.8) is 0 Å². The summed E-state index contributed by atoms with van der Waals surface area (Å²) in [5, 5.41) is 0. The first-order chi connectivity index (χ1) is 17.5. The van der Waals surface area contributed by atoms with Crippen molar-refractivity contribution in [2.24, 2.45) is 10.3 Å². The molecular formula is C24H32N6O6S. The lowest BCUT2D eigenvalue weighted by molar-refractivity contribution is 0.0975. The zero-order valence-corrected chi connectivity index (χ0v) is 22.0. The lowest BCUT2D eigenvalue weighted by Crippen LogP contribution is -2.43. The van der Waals surface area contributed by atoms with Crippen LogP contribution in [0.1, 0.15) is 49.9 Å². The summed E-state index contributed by atoms with van der Waals surface area (Å²) in [6.07, 6.45) is 3.31. The van der Waals surface area contributed by atoms with E-state index in [1.807, 2.05) is 18.7 Å². The number of sulfonamides is 1. The molecule has 2 aliphatic rings. The lowest BCUT2D eigenvalue weighted by Gasteiger charge is -2.30. The number of H-pyrrole nitrogens is 1. The van der Waals surface area contributed by atoms with Crippen LogP contribution in [0.4, 0.5) is 17.2 Å². The van der Waals surface area contributed by atoms with E-state index in [0.29, 0.717) is 24.5 Å². The fourth-order valence-corrected chi connectivity index (χ4v) is 5.93. The van der Waals surface area contributed by atoms with E-state index in [0.717, 1.165) is 24.2 Å². The van der Waals surface area contributed by atoms with Gasteiger partial charge in [0.05, 0.1) is 12.3 Å². The van der Waals surface area contributed by atoms with Crippen LogP contribution in [0.15, 0.2) is 37.1 Å². The number of rotatable bonds is 7. The Morgan fingerprint density at radius 3 is 2.70 bits per heavy atom. The van der Waals surface area contributed by atoms with Crippen LogP contribution in [0.2, 0.25) is 0 Å². The monoisotopic (exact) mass is 532 g/mol. The molecule has 2 aliphatic heterocycles. The first-order valence-corrected chi connectivity index (χ1v) is 13.7. The number of carbonyl (C=O) groups excluding carboxylic acids is 1. The van der Waals surface area contributed by atoms with Crippen molar-refractivity contribution in [2.45, 2.75) is 51.0 Å². The largest absolute Gasteiger partial charge is 0.383 e. The molecule has 0 atom stereocenters. The first kappa shape index (κ1) is 26.6. The summed E-state index contributed by atoms with van der Waals surface area (Å²) < 4.78 is 36.5. The van der Waals surface area contributed by atoms with Crippen molar-refractivity contribution in [2.75, 3.05) is 42.3 Å². The van der Waals surface area contributed by atoms with Crippen LogP contribution in [0.25, 0.3) is 0 Å². The number of carbonyl (C=O) groups is 1. The topological polar surface area (TPSA) is 160 Å². The van der Waals surface area contributed by atoms with Crippen LogP contribution in [-0.4, -0.2) is 56.5 Å². The molecular weight excluding hydrogens is 500 g/mol. The molecule has 12 nitrogen and oxygen atoms in total. The summed E-state index contributed by atoms with van der Waals surface area (Å²) >= 11 is 0. The van der Waals surface area contributed by atoms with E-state index in [-0.39, 0.29) is 47.6 Å². The molecule has 0 bridgehead atoms. The standard InChI is InChI=1S/C24H32N6O6S/c1-15(2)14-30-21(25)20(22(31)26-24(30)33)29(11-12-36-3)23(32)16-8-9-17-18(13-16)37(34,35)27-19-7-5-4-6-10-28(17)19/h8-9,13,15H,4-7,10-12,14,25H2,1-3H3,(H,26,31,33). The number of anilines is 3. The number of aromatic amines is 1. The van der Waals surface area contributed by atoms with E-state index >= 15 is 0 Å². The van der Waals surface area contributed by atoms with Crippen LogP contribution in [0, 0.1) is 5.92 Å². The number of nitrogens with zero attached hydrogens (tertiary/aromatic N) is 4. The summed E-state index contributed by atoms with van der Waals surface area (Å²) in [6, 6.07) is 4.41. The van der Waals surface area contributed by atoms with Crippen LogP contribution < -0.4 is 26.8 Å². The van der Waals surface area contributed by atoms with Gasteiger partial charge in [-0.1, -0.05) is 20.3 Å². The molecule has 200 valence electrons. The molecule has 13 heteroatoms. The van der Waals surface area contributed by atoms with Gasteiger partial charge >= 0.3 is 5.69 Å². The summed E-state index contributed by atoms with van der Waals surface area (Å²) in [5.41, 5.74) is 5.07. The molecule has 2 aromatic rings. The smallest absolute Gasteiger partial charge is 0.330 e. The van der Waals surface area contributed by atoms with Crippen molar-refractivity contribution < 1.29 is 17.9 Å². The second-order valence-electron chi connectivity index (χ2n) is 9.57. The van der Waals surface area contributed by atoms with Gasteiger partial charge in [-0.2, -0.15) is 8.42 Å². The molecule has 3 heterocycles. The Morgan fingerprint density at radius 1 is 1.24 bits per heavy atom. The summed E-state index contributed by atoms with van der Waals surface area (Å²) in [5.74, 6) is -0.265. The molecule has 1 aromatic carbocycles. The second kappa shape index (κ2) is 10.5. The fourth-order valence-electron chi connectivity index (χ4n) is 4.65. The maximum absolute atomic E-state index is 13.7. The SMILES string of the molecule is COCCN(C(=O)c1ccc2c(c1)S(=O)(=O)N=C1CCCCCN12)c1c(N)n(CC(C)C)c(=O)[nH]c1=O. The predicted molar refractivity (Wildman–Crippen MR) is 141 cm³/mol. The van der Waals surface area contributed by atoms with Crippen molar-refractivity contribution in [3.05, 3.63) is 44.6 Å². The minimum absolute atomic E-state index is 0.0345. The number of hydrogen-bond donors (Lipinski definition) is 2. The molecule has 0 spiro atoms. The van der Waals surface area contributed by atoms with Gasteiger partial charge in [0, 0.05) is 38.7 Å². The molecule has 0 saturated carbocycles. The van der Waals surface area contributed by atoms with Crippen LogP contribution in [0.3, 0.4) is 0 Å². The van der Waals surface area contributed by atoms with E-state index < -0.39 is 27.2 Å². The molecule has 0 unspecified atom stereocenters. The van der Waals surface area contributed by atoms with Gasteiger partial charge in [-0.15, -0.1) is 4.40 Å². The molecule has 4 rings (SSSR count). The number of fused-ring (bicyclic) bond motifs is 3. The molecule has 1 fully saturated rings. The number of nitrogens with two attached hydrogens (primary N) is 1. The Hall–Kier alpha value is -3.45. The Bertz CT molecular complexity index is 1460. The number of nitrogens with one attached hydrogen (secondary N) is 1. The van der Waals surface area contributed by atoms with Gasteiger partial charge in [0.1, 0.15) is 16.5 Å². The second-order valence-corrected chi connectivity index (χ2v) is 11.1. The highest BCUT2D eigenvalue weighted by molar-refractivity contribution is 7.90. The Balaban J connectivity index is 1.81. The number of amidine groups is 1. The number of methoxy groups -OCH3 is 1. The molecule has 1 saturated heterocycles. The van der Waals surface area contributed by atoms with E-state index in [4.69, 9.17) is 10.5 Å². The lowest BCUT2D eigenvalue weighted by atomic mass is 10.1. The number of ether oxygens (including phenoxy) is 1. The highest BCUT2D eigenvalue weighted by Gasteiger charge is 2.33. The number of amides is 1. The van der Waals surface area contributed by atoms with Crippen LogP contribution in [-0.2, 0) is 21.3 Å². The molecule has 1 aromatic heterocycles. The Kier molecular flexibility index (Phi) is 7.55. The zero-order valence-electron chi connectivity index (χ0n) is 21.2. The quantitative estimate of drug-likeness (QED) is 0.543. The van der Waals surface area contributed by atoms with Crippen molar-refractivity contribution >= 4 is 39.0 Å². The molecule has 0 radical (unpaired) electrons. The number of aromatic nitrogens is 2.